The van der Waals surface area contributed by atoms with Gasteiger partial charge in [-0.05, 0) is 37.3 Å². The number of anilines is 1. The van der Waals surface area contributed by atoms with Gasteiger partial charge in [-0.3, -0.25) is 0 Å². The van der Waals surface area contributed by atoms with Gasteiger partial charge >= 0.3 is 0 Å². The van der Waals surface area contributed by atoms with Crippen LogP contribution >= 0.6 is 0 Å². The molecule has 0 aliphatic carbocycles. The Labute approximate surface area is 156 Å². The van der Waals surface area contributed by atoms with Gasteiger partial charge in [-0.2, -0.15) is 9.67 Å². The van der Waals surface area contributed by atoms with Gasteiger partial charge in [-0.25, -0.2) is 9.67 Å². The molecule has 3 heterocycles. The van der Waals surface area contributed by atoms with Gasteiger partial charge in [0.25, 0.3) is 0 Å². The molecule has 0 amide bonds. The summed E-state index contributed by atoms with van der Waals surface area (Å²) < 4.78 is 8.68. The number of rotatable bonds is 4. The van der Waals surface area contributed by atoms with Crippen molar-refractivity contribution in [1.82, 2.24) is 9.78 Å². The van der Waals surface area contributed by atoms with Crippen molar-refractivity contribution in [2.24, 2.45) is 4.99 Å². The smallest absolute Gasteiger partial charge is 0.237 e. The van der Waals surface area contributed by atoms with E-state index in [1.54, 1.807) is 13.3 Å². The molecule has 27 heavy (non-hydrogen) atoms. The first kappa shape index (κ1) is 17.0. The average Bonchev–Trinajstić information content (AvgIpc) is 3.20. The fourth-order valence-corrected chi connectivity index (χ4v) is 3.27. The molecule has 1 aliphatic heterocycles. The molecule has 7 heteroatoms. The Balaban J connectivity index is 1.88. The molecule has 0 atom stereocenters. The molecule has 3 N–H and O–H groups in total. The van der Waals surface area contributed by atoms with E-state index in [0.717, 1.165) is 34.0 Å². The Kier molecular flexibility index (Phi) is 4.21. The number of allylic oxidation sites excluding steroid dienone is 1. The maximum absolute atomic E-state index is 9.28. The predicted molar refractivity (Wildman–Crippen MR) is 103 cm³/mol. The Morgan fingerprint density at radius 1 is 1.22 bits per heavy atom. The van der Waals surface area contributed by atoms with Gasteiger partial charge in [0.15, 0.2) is 12.0 Å². The Morgan fingerprint density at radius 3 is 2.67 bits per heavy atom. The molecule has 1 aromatic carbocycles. The molecule has 136 valence electrons. The molecule has 0 bridgehead atoms. The van der Waals surface area contributed by atoms with E-state index in [1.165, 1.54) is 4.68 Å². The van der Waals surface area contributed by atoms with Crippen molar-refractivity contribution in [2.45, 2.75) is 13.7 Å². The summed E-state index contributed by atoms with van der Waals surface area (Å²) in [6, 6.07) is 13.9. The highest BCUT2D eigenvalue weighted by Gasteiger charge is 2.34. The zero-order valence-electron chi connectivity index (χ0n) is 15.1. The number of pyridine rings is 1. The number of aliphatic hydroxyl groups is 1. The summed E-state index contributed by atoms with van der Waals surface area (Å²) in [5, 5.41) is 13.3. The number of aliphatic imine (C=N–C) groups is 1. The first-order valence-electron chi connectivity index (χ1n) is 8.52. The van der Waals surface area contributed by atoms with Crippen molar-refractivity contribution in [3.05, 3.63) is 71.7 Å². The molecule has 4 rings (SSSR count). The van der Waals surface area contributed by atoms with Crippen molar-refractivity contribution < 1.29 is 14.4 Å². The third-order valence-corrected chi connectivity index (χ3v) is 4.64. The highest BCUT2D eigenvalue weighted by atomic mass is 16.5. The van der Waals surface area contributed by atoms with E-state index in [1.807, 2.05) is 55.6 Å². The number of benzene rings is 1. The second-order valence-electron chi connectivity index (χ2n) is 6.17. The number of hydrogen-bond donors (Lipinski definition) is 2. The van der Waals surface area contributed by atoms with E-state index in [0.29, 0.717) is 11.5 Å². The van der Waals surface area contributed by atoms with E-state index in [9.17, 15) is 5.11 Å². The molecule has 7 nitrogen and oxygen atoms in total. The van der Waals surface area contributed by atoms with Crippen LogP contribution in [0.5, 0.6) is 5.75 Å². The van der Waals surface area contributed by atoms with Crippen LogP contribution in [0, 0.1) is 0 Å². The third kappa shape index (κ3) is 2.78. The van der Waals surface area contributed by atoms with Gasteiger partial charge in [0.1, 0.15) is 23.9 Å². The molecular formula is C20H20N5O2+. The summed E-state index contributed by atoms with van der Waals surface area (Å²) in [4.78, 5) is 4.75. The van der Waals surface area contributed by atoms with Crippen molar-refractivity contribution in [2.75, 3.05) is 12.8 Å². The van der Waals surface area contributed by atoms with Crippen LogP contribution in [-0.2, 0) is 6.73 Å². The van der Waals surface area contributed by atoms with Gasteiger partial charge in [-0.15, -0.1) is 0 Å². The molecule has 0 unspecified atom stereocenters. The van der Waals surface area contributed by atoms with Gasteiger partial charge < -0.3 is 15.6 Å². The predicted octanol–water partition coefficient (Wildman–Crippen LogP) is 2.12. The van der Waals surface area contributed by atoms with E-state index in [2.05, 4.69) is 9.67 Å². The Hall–Kier alpha value is -3.45. The molecule has 0 fully saturated rings. The standard InChI is InChI=1S/C20H19N5O2/c1-13-18(23-16-11-22-25(12-26)20(16)21)17-5-3-4-10-24(17)19(13)14-6-8-15(27-2)9-7-14/h3-11,21,26H,12H2,1-2H3/p+1. The molecule has 1 aliphatic rings. The van der Waals surface area contributed by atoms with Crippen LogP contribution in [0.25, 0.3) is 5.70 Å². The molecule has 0 radical (unpaired) electrons. The summed E-state index contributed by atoms with van der Waals surface area (Å²) in [5.74, 6) is 1.14. The van der Waals surface area contributed by atoms with E-state index < -0.39 is 0 Å². The summed E-state index contributed by atoms with van der Waals surface area (Å²) in [5.41, 5.74) is 11.5. The molecule has 0 spiro atoms. The topological polar surface area (TPSA) is 89.5 Å². The van der Waals surface area contributed by atoms with Gasteiger partial charge in [0.2, 0.25) is 11.4 Å². The van der Waals surface area contributed by atoms with Crippen molar-refractivity contribution in [3.8, 4) is 5.75 Å². The Bertz CT molecular complexity index is 1060. The minimum Gasteiger partial charge on any atom is -0.497 e. The largest absolute Gasteiger partial charge is 0.497 e. The summed E-state index contributed by atoms with van der Waals surface area (Å²) in [6.07, 6.45) is 3.58. The number of fused-ring (bicyclic) bond motifs is 1. The first-order chi connectivity index (χ1) is 13.1. The molecular weight excluding hydrogens is 342 g/mol. The minimum atomic E-state index is -0.284. The molecule has 0 saturated carbocycles. The lowest BCUT2D eigenvalue weighted by molar-refractivity contribution is -0.577. The molecule has 0 saturated heterocycles. The van der Waals surface area contributed by atoms with Crippen molar-refractivity contribution >= 4 is 22.9 Å². The number of nitrogens with zero attached hydrogens (tertiary/aromatic N) is 4. The average molecular weight is 362 g/mol. The van der Waals surface area contributed by atoms with Crippen molar-refractivity contribution in [1.29, 1.82) is 0 Å². The highest BCUT2D eigenvalue weighted by Crippen LogP contribution is 2.30. The fraction of sp³-hybridized carbons (Fsp3) is 0.150. The quantitative estimate of drug-likeness (QED) is 0.696. The summed E-state index contributed by atoms with van der Waals surface area (Å²) in [6.45, 7) is 1.76. The second kappa shape index (κ2) is 6.69. The lowest BCUT2D eigenvalue weighted by atomic mass is 10.1. The van der Waals surface area contributed by atoms with Gasteiger partial charge in [0.05, 0.1) is 18.9 Å². The number of methoxy groups -OCH3 is 1. The molecule has 3 aromatic rings. The van der Waals surface area contributed by atoms with Gasteiger partial charge in [0, 0.05) is 17.7 Å². The number of hydrogen-bond acceptors (Lipinski definition) is 5. The zero-order valence-corrected chi connectivity index (χ0v) is 15.1. The van der Waals surface area contributed by atoms with Crippen LogP contribution in [0.3, 0.4) is 0 Å². The van der Waals surface area contributed by atoms with Crippen LogP contribution < -0.4 is 15.0 Å². The number of aromatic nitrogens is 3. The van der Waals surface area contributed by atoms with E-state index >= 15 is 0 Å². The number of aliphatic hydroxyl groups excluding tert-OH is 1. The summed E-state index contributed by atoms with van der Waals surface area (Å²) in [7, 11) is 1.65. The molecule has 2 aromatic heterocycles. The van der Waals surface area contributed by atoms with Crippen LogP contribution in [-0.4, -0.2) is 27.7 Å². The fourth-order valence-electron chi connectivity index (χ4n) is 3.27. The second-order valence-corrected chi connectivity index (χ2v) is 6.17. The maximum atomic E-state index is 9.28. The van der Waals surface area contributed by atoms with Crippen LogP contribution in [0.2, 0.25) is 0 Å². The SMILES string of the molecule is COc1ccc(C2=C(C)C(=Nc3cnn(CO)c3N)c3cccc[n+]32)cc1. The third-order valence-electron chi connectivity index (χ3n) is 4.64. The number of ether oxygens (including phenoxy) is 1. The van der Waals surface area contributed by atoms with Crippen molar-refractivity contribution in [3.63, 3.8) is 0 Å². The van der Waals surface area contributed by atoms with Crippen LogP contribution in [0.15, 0.2) is 65.4 Å². The summed E-state index contributed by atoms with van der Waals surface area (Å²) >= 11 is 0. The lowest BCUT2D eigenvalue weighted by Crippen LogP contribution is -2.34. The number of nitrogen functional groups attached to an aromatic ring is 1. The maximum Gasteiger partial charge on any atom is 0.237 e. The van der Waals surface area contributed by atoms with Crippen LogP contribution in [0.4, 0.5) is 11.5 Å². The van der Waals surface area contributed by atoms with Gasteiger partial charge in [-0.1, -0.05) is 0 Å². The number of nitrogens with two attached hydrogens (primary N) is 1. The minimum absolute atomic E-state index is 0.284. The first-order valence-corrected chi connectivity index (χ1v) is 8.52. The van der Waals surface area contributed by atoms with E-state index in [4.69, 9.17) is 15.5 Å². The van der Waals surface area contributed by atoms with E-state index in [-0.39, 0.29) is 6.73 Å². The Morgan fingerprint density at radius 2 is 2.00 bits per heavy atom. The monoisotopic (exact) mass is 362 g/mol. The zero-order chi connectivity index (χ0) is 19.0. The lowest BCUT2D eigenvalue weighted by Gasteiger charge is -2.02. The normalized spacial score (nSPS) is 14.7. The van der Waals surface area contributed by atoms with Crippen LogP contribution in [0.1, 0.15) is 18.2 Å². The highest BCUT2D eigenvalue weighted by molar-refractivity contribution is 6.17.